The Morgan fingerprint density at radius 1 is 1.28 bits per heavy atom. The maximum Gasteiger partial charge on any atom is 0.123 e. The smallest absolute Gasteiger partial charge is 0.123 e. The van der Waals surface area contributed by atoms with Gasteiger partial charge in [0.25, 0.3) is 0 Å². The van der Waals surface area contributed by atoms with Gasteiger partial charge < -0.3 is 10.6 Å². The summed E-state index contributed by atoms with van der Waals surface area (Å²) in [6, 6.07) is 6.79. The number of unbranched alkanes of at least 4 members (excludes halogenated alkanes) is 1. The fraction of sp³-hybridized carbons (Fsp3) is 0.600. The minimum Gasteiger partial charge on any atom is -0.320 e. The summed E-state index contributed by atoms with van der Waals surface area (Å²) in [6.07, 6.45) is 3.36. The Kier molecular flexibility index (Phi) is 5.29. The van der Waals surface area contributed by atoms with Crippen LogP contribution in [0.2, 0.25) is 0 Å². The van der Waals surface area contributed by atoms with E-state index in [1.165, 1.54) is 12.1 Å². The van der Waals surface area contributed by atoms with Crippen molar-refractivity contribution in [1.82, 2.24) is 4.90 Å². The SMILES string of the molecule is CCCCC(N(C)C)C(C)(N)c1ccc(F)cc1. The van der Waals surface area contributed by atoms with E-state index in [0.29, 0.717) is 0 Å². The molecule has 0 bridgehead atoms. The van der Waals surface area contributed by atoms with Crippen molar-refractivity contribution in [1.29, 1.82) is 0 Å². The number of likely N-dealkylation sites (N-methyl/N-ethyl adjacent to an activating group) is 1. The summed E-state index contributed by atoms with van der Waals surface area (Å²) in [4.78, 5) is 2.17. The molecule has 0 saturated carbocycles. The van der Waals surface area contributed by atoms with Crippen molar-refractivity contribution in [2.24, 2.45) is 5.73 Å². The molecule has 3 heteroatoms. The van der Waals surface area contributed by atoms with Crippen molar-refractivity contribution in [3.63, 3.8) is 0 Å². The molecule has 0 aliphatic rings. The van der Waals surface area contributed by atoms with Crippen LogP contribution in [-0.4, -0.2) is 25.0 Å². The van der Waals surface area contributed by atoms with E-state index in [2.05, 4.69) is 25.9 Å². The van der Waals surface area contributed by atoms with Crippen LogP contribution >= 0.6 is 0 Å². The molecule has 0 fully saturated rings. The van der Waals surface area contributed by atoms with Gasteiger partial charge in [0, 0.05) is 6.04 Å². The molecule has 1 aromatic rings. The lowest BCUT2D eigenvalue weighted by Crippen LogP contribution is -2.52. The summed E-state index contributed by atoms with van der Waals surface area (Å²) in [5.74, 6) is -0.218. The van der Waals surface area contributed by atoms with Gasteiger partial charge in [0.2, 0.25) is 0 Å². The fourth-order valence-corrected chi connectivity index (χ4v) is 2.49. The summed E-state index contributed by atoms with van der Waals surface area (Å²) in [5, 5.41) is 0. The van der Waals surface area contributed by atoms with E-state index in [0.717, 1.165) is 24.8 Å². The van der Waals surface area contributed by atoms with Crippen LogP contribution in [0.3, 0.4) is 0 Å². The fourth-order valence-electron chi connectivity index (χ4n) is 2.49. The monoisotopic (exact) mass is 252 g/mol. The molecule has 0 radical (unpaired) electrons. The van der Waals surface area contributed by atoms with Crippen LogP contribution in [-0.2, 0) is 5.54 Å². The number of benzene rings is 1. The summed E-state index contributed by atoms with van der Waals surface area (Å²) in [6.45, 7) is 4.21. The van der Waals surface area contributed by atoms with Crippen LogP contribution in [0.4, 0.5) is 4.39 Å². The molecule has 1 aromatic carbocycles. The first-order valence-electron chi connectivity index (χ1n) is 6.61. The standard InChI is InChI=1S/C15H25FN2/c1-5-6-7-14(18(3)4)15(2,17)12-8-10-13(16)11-9-12/h8-11,14H,5-7,17H2,1-4H3. The lowest BCUT2D eigenvalue weighted by Gasteiger charge is -2.39. The molecule has 18 heavy (non-hydrogen) atoms. The molecule has 0 aliphatic heterocycles. The predicted molar refractivity (Wildman–Crippen MR) is 74.9 cm³/mol. The van der Waals surface area contributed by atoms with Crippen LogP contribution in [0, 0.1) is 5.82 Å². The highest BCUT2D eigenvalue weighted by Gasteiger charge is 2.32. The van der Waals surface area contributed by atoms with Gasteiger partial charge in [0.15, 0.2) is 0 Å². The van der Waals surface area contributed by atoms with Crippen molar-refractivity contribution >= 4 is 0 Å². The van der Waals surface area contributed by atoms with Crippen molar-refractivity contribution in [2.45, 2.75) is 44.7 Å². The lowest BCUT2D eigenvalue weighted by molar-refractivity contribution is 0.175. The van der Waals surface area contributed by atoms with E-state index >= 15 is 0 Å². The Balaban J connectivity index is 2.96. The predicted octanol–water partition coefficient (Wildman–Crippen LogP) is 3.12. The maximum absolute atomic E-state index is 13.0. The molecular weight excluding hydrogens is 227 g/mol. The quantitative estimate of drug-likeness (QED) is 0.843. The van der Waals surface area contributed by atoms with Crippen molar-refractivity contribution in [2.75, 3.05) is 14.1 Å². The third-order valence-corrected chi connectivity index (χ3v) is 3.61. The van der Waals surface area contributed by atoms with Gasteiger partial charge in [-0.3, -0.25) is 0 Å². The van der Waals surface area contributed by atoms with E-state index in [4.69, 9.17) is 5.73 Å². The largest absolute Gasteiger partial charge is 0.320 e. The van der Waals surface area contributed by atoms with Gasteiger partial charge in [-0.05, 0) is 45.1 Å². The zero-order valence-corrected chi connectivity index (χ0v) is 11.9. The van der Waals surface area contributed by atoms with E-state index < -0.39 is 5.54 Å². The van der Waals surface area contributed by atoms with Crippen LogP contribution in [0.25, 0.3) is 0 Å². The second kappa shape index (κ2) is 6.30. The van der Waals surface area contributed by atoms with Crippen molar-refractivity contribution < 1.29 is 4.39 Å². The summed E-state index contributed by atoms with van der Waals surface area (Å²) >= 11 is 0. The molecule has 0 heterocycles. The first-order chi connectivity index (χ1) is 8.39. The Hall–Kier alpha value is -0.930. The highest BCUT2D eigenvalue weighted by atomic mass is 19.1. The first kappa shape index (κ1) is 15.1. The van der Waals surface area contributed by atoms with Gasteiger partial charge in [-0.25, -0.2) is 4.39 Å². The maximum atomic E-state index is 13.0. The van der Waals surface area contributed by atoms with Crippen LogP contribution in [0.1, 0.15) is 38.7 Å². The van der Waals surface area contributed by atoms with Gasteiger partial charge in [-0.1, -0.05) is 31.9 Å². The average molecular weight is 252 g/mol. The topological polar surface area (TPSA) is 29.3 Å². The molecule has 0 saturated heterocycles. The molecular formula is C15H25FN2. The van der Waals surface area contributed by atoms with Gasteiger partial charge in [-0.2, -0.15) is 0 Å². The van der Waals surface area contributed by atoms with Crippen LogP contribution in [0.5, 0.6) is 0 Å². The van der Waals surface area contributed by atoms with E-state index in [9.17, 15) is 4.39 Å². The molecule has 1 rings (SSSR count). The summed E-state index contributed by atoms with van der Waals surface area (Å²) in [7, 11) is 4.10. The summed E-state index contributed by atoms with van der Waals surface area (Å²) in [5.41, 5.74) is 7.03. The van der Waals surface area contributed by atoms with Gasteiger partial charge >= 0.3 is 0 Å². The highest BCUT2D eigenvalue weighted by molar-refractivity contribution is 5.26. The molecule has 2 atom stereocenters. The Bertz CT molecular complexity index is 357. The Morgan fingerprint density at radius 2 is 1.83 bits per heavy atom. The number of hydrogen-bond acceptors (Lipinski definition) is 2. The summed E-state index contributed by atoms with van der Waals surface area (Å²) < 4.78 is 13.0. The number of nitrogens with two attached hydrogens (primary N) is 1. The second-order valence-electron chi connectivity index (χ2n) is 5.41. The van der Waals surface area contributed by atoms with E-state index in [1.54, 1.807) is 12.1 Å². The molecule has 0 spiro atoms. The highest BCUT2D eigenvalue weighted by Crippen LogP contribution is 2.28. The molecule has 0 aromatic heterocycles. The Morgan fingerprint density at radius 3 is 2.28 bits per heavy atom. The average Bonchev–Trinajstić information content (AvgIpc) is 2.29. The molecule has 0 amide bonds. The van der Waals surface area contributed by atoms with Gasteiger partial charge in [-0.15, -0.1) is 0 Å². The zero-order valence-electron chi connectivity index (χ0n) is 11.9. The number of rotatable bonds is 6. The number of nitrogens with zero attached hydrogens (tertiary/aromatic N) is 1. The Labute approximate surface area is 110 Å². The van der Waals surface area contributed by atoms with E-state index in [-0.39, 0.29) is 11.9 Å². The lowest BCUT2D eigenvalue weighted by atomic mass is 9.82. The molecule has 2 N–H and O–H groups in total. The minimum atomic E-state index is -0.466. The third kappa shape index (κ3) is 3.53. The van der Waals surface area contributed by atoms with Crippen molar-refractivity contribution in [3.05, 3.63) is 35.6 Å². The van der Waals surface area contributed by atoms with Crippen LogP contribution < -0.4 is 5.73 Å². The molecule has 2 unspecified atom stereocenters. The molecule has 2 nitrogen and oxygen atoms in total. The van der Waals surface area contributed by atoms with Crippen LogP contribution in [0.15, 0.2) is 24.3 Å². The minimum absolute atomic E-state index is 0.218. The third-order valence-electron chi connectivity index (χ3n) is 3.61. The zero-order chi connectivity index (χ0) is 13.8. The normalized spacial score (nSPS) is 16.6. The van der Waals surface area contributed by atoms with E-state index in [1.807, 2.05) is 6.92 Å². The first-order valence-corrected chi connectivity index (χ1v) is 6.61. The van der Waals surface area contributed by atoms with Gasteiger partial charge in [0.1, 0.15) is 5.82 Å². The van der Waals surface area contributed by atoms with Crippen molar-refractivity contribution in [3.8, 4) is 0 Å². The number of halogens is 1. The van der Waals surface area contributed by atoms with Gasteiger partial charge in [0.05, 0.1) is 5.54 Å². The molecule has 0 aliphatic carbocycles. The second-order valence-corrected chi connectivity index (χ2v) is 5.41. The molecule has 102 valence electrons. The number of hydrogen-bond donors (Lipinski definition) is 1.